The summed E-state index contributed by atoms with van der Waals surface area (Å²) in [5.41, 5.74) is 1.18. The van der Waals surface area contributed by atoms with Crippen LogP contribution in [0.3, 0.4) is 0 Å². The molecule has 0 spiro atoms. The van der Waals surface area contributed by atoms with Gasteiger partial charge in [0.15, 0.2) is 0 Å². The smallest absolute Gasteiger partial charge is 0.223 e. The number of likely N-dealkylation sites (N-methyl/N-ethyl adjacent to an activating group) is 1. The molecule has 1 atom stereocenters. The molecule has 19 heavy (non-hydrogen) atoms. The molecule has 1 amide bonds. The lowest BCUT2D eigenvalue weighted by atomic mass is 10.1. The van der Waals surface area contributed by atoms with Crippen LogP contribution in [-0.4, -0.2) is 38.6 Å². The van der Waals surface area contributed by atoms with Crippen molar-refractivity contribution in [2.24, 2.45) is 5.92 Å². The van der Waals surface area contributed by atoms with Gasteiger partial charge in [-0.15, -0.1) is 0 Å². The number of carbonyl (C=O) groups is 1. The molecule has 1 aromatic carbocycles. The van der Waals surface area contributed by atoms with Crippen molar-refractivity contribution in [1.29, 1.82) is 0 Å². The first kappa shape index (κ1) is 13.9. The van der Waals surface area contributed by atoms with Crippen molar-refractivity contribution in [2.75, 3.05) is 27.7 Å². The summed E-state index contributed by atoms with van der Waals surface area (Å²) in [6, 6.07) is 8.19. The van der Waals surface area contributed by atoms with E-state index in [2.05, 4.69) is 10.2 Å². The molecule has 0 bridgehead atoms. The Morgan fingerprint density at radius 3 is 2.47 bits per heavy atom. The first-order valence-electron chi connectivity index (χ1n) is 6.70. The second kappa shape index (κ2) is 6.06. The van der Waals surface area contributed by atoms with Gasteiger partial charge >= 0.3 is 0 Å². The molecule has 1 aromatic rings. The standard InChI is InChI=1S/C15H22N2O2/c1-17(2)14(10-16-15(18)12-4-5-12)11-6-8-13(19-3)9-7-11/h6-9,12,14H,4-5,10H2,1-3H3,(H,16,18). The highest BCUT2D eigenvalue weighted by Gasteiger charge is 2.30. The summed E-state index contributed by atoms with van der Waals surface area (Å²) in [6.45, 7) is 0.647. The van der Waals surface area contributed by atoms with Gasteiger partial charge < -0.3 is 15.0 Å². The number of hydrogen-bond acceptors (Lipinski definition) is 3. The van der Waals surface area contributed by atoms with Crippen LogP contribution in [0.25, 0.3) is 0 Å². The van der Waals surface area contributed by atoms with E-state index in [9.17, 15) is 4.79 Å². The van der Waals surface area contributed by atoms with Crippen LogP contribution in [0.2, 0.25) is 0 Å². The van der Waals surface area contributed by atoms with Crippen LogP contribution >= 0.6 is 0 Å². The number of benzene rings is 1. The zero-order valence-corrected chi connectivity index (χ0v) is 11.8. The average Bonchev–Trinajstić information content (AvgIpc) is 3.23. The van der Waals surface area contributed by atoms with E-state index in [1.807, 2.05) is 38.4 Å². The van der Waals surface area contributed by atoms with Crippen LogP contribution in [-0.2, 0) is 4.79 Å². The lowest BCUT2D eigenvalue weighted by Gasteiger charge is -2.25. The zero-order chi connectivity index (χ0) is 13.8. The molecule has 104 valence electrons. The molecule has 1 fully saturated rings. The predicted octanol–water partition coefficient (Wildman–Crippen LogP) is 1.82. The Balaban J connectivity index is 1.99. The predicted molar refractivity (Wildman–Crippen MR) is 75.2 cm³/mol. The minimum atomic E-state index is 0.189. The lowest BCUT2D eigenvalue weighted by molar-refractivity contribution is -0.122. The van der Waals surface area contributed by atoms with Gasteiger partial charge in [0, 0.05) is 12.5 Å². The van der Waals surface area contributed by atoms with E-state index in [0.29, 0.717) is 6.54 Å². The van der Waals surface area contributed by atoms with Gasteiger partial charge in [-0.05, 0) is 44.6 Å². The van der Waals surface area contributed by atoms with E-state index in [-0.39, 0.29) is 17.9 Å². The van der Waals surface area contributed by atoms with Gasteiger partial charge in [-0.1, -0.05) is 12.1 Å². The summed E-state index contributed by atoms with van der Waals surface area (Å²) >= 11 is 0. The molecular weight excluding hydrogens is 240 g/mol. The summed E-state index contributed by atoms with van der Waals surface area (Å²) in [5.74, 6) is 1.31. The molecule has 0 radical (unpaired) electrons. The summed E-state index contributed by atoms with van der Waals surface area (Å²) in [5, 5.41) is 3.04. The van der Waals surface area contributed by atoms with Gasteiger partial charge in [-0.3, -0.25) is 4.79 Å². The molecule has 4 heteroatoms. The molecule has 0 aliphatic heterocycles. The Bertz CT molecular complexity index is 424. The topological polar surface area (TPSA) is 41.6 Å². The van der Waals surface area contributed by atoms with Crippen molar-refractivity contribution in [2.45, 2.75) is 18.9 Å². The Morgan fingerprint density at radius 1 is 1.37 bits per heavy atom. The number of hydrogen-bond donors (Lipinski definition) is 1. The van der Waals surface area contributed by atoms with E-state index in [4.69, 9.17) is 4.74 Å². The van der Waals surface area contributed by atoms with Gasteiger partial charge in [0.05, 0.1) is 13.2 Å². The van der Waals surface area contributed by atoms with Gasteiger partial charge in [0.2, 0.25) is 5.91 Å². The van der Waals surface area contributed by atoms with Crippen molar-refractivity contribution in [3.05, 3.63) is 29.8 Å². The van der Waals surface area contributed by atoms with Crippen molar-refractivity contribution >= 4 is 5.91 Å². The minimum absolute atomic E-state index is 0.189. The molecule has 1 aliphatic rings. The fraction of sp³-hybridized carbons (Fsp3) is 0.533. The zero-order valence-electron chi connectivity index (χ0n) is 11.8. The van der Waals surface area contributed by atoms with Crippen molar-refractivity contribution in [3.8, 4) is 5.75 Å². The second-order valence-corrected chi connectivity index (χ2v) is 5.27. The third kappa shape index (κ3) is 3.70. The molecule has 0 saturated heterocycles. The molecule has 1 aliphatic carbocycles. The van der Waals surface area contributed by atoms with E-state index < -0.39 is 0 Å². The number of carbonyl (C=O) groups excluding carboxylic acids is 1. The molecule has 4 nitrogen and oxygen atoms in total. The van der Waals surface area contributed by atoms with Gasteiger partial charge in [-0.25, -0.2) is 0 Å². The molecular formula is C15H22N2O2. The highest BCUT2D eigenvalue weighted by atomic mass is 16.5. The maximum atomic E-state index is 11.7. The monoisotopic (exact) mass is 262 g/mol. The first-order chi connectivity index (χ1) is 9.11. The quantitative estimate of drug-likeness (QED) is 0.850. The van der Waals surface area contributed by atoms with Crippen molar-refractivity contribution in [1.82, 2.24) is 10.2 Å². The van der Waals surface area contributed by atoms with Gasteiger partial charge in [0.25, 0.3) is 0 Å². The minimum Gasteiger partial charge on any atom is -0.497 e. The molecule has 1 saturated carbocycles. The van der Waals surface area contributed by atoms with Crippen LogP contribution in [0.5, 0.6) is 5.75 Å². The summed E-state index contributed by atoms with van der Waals surface area (Å²) in [7, 11) is 5.71. The van der Waals surface area contributed by atoms with Crippen molar-refractivity contribution < 1.29 is 9.53 Å². The summed E-state index contributed by atoms with van der Waals surface area (Å²) in [6.07, 6.45) is 2.09. The Kier molecular flexibility index (Phi) is 4.43. The number of rotatable bonds is 6. The Hall–Kier alpha value is -1.55. The third-order valence-electron chi connectivity index (χ3n) is 3.54. The van der Waals surface area contributed by atoms with E-state index in [1.54, 1.807) is 7.11 Å². The highest BCUT2D eigenvalue weighted by Crippen LogP contribution is 2.29. The Labute approximate surface area is 114 Å². The summed E-state index contributed by atoms with van der Waals surface area (Å²) < 4.78 is 5.16. The lowest BCUT2D eigenvalue weighted by Crippen LogP contribution is -2.35. The van der Waals surface area contributed by atoms with Crippen LogP contribution in [0.4, 0.5) is 0 Å². The van der Waals surface area contributed by atoms with Gasteiger partial charge in [0.1, 0.15) is 5.75 Å². The largest absolute Gasteiger partial charge is 0.497 e. The number of amides is 1. The summed E-state index contributed by atoms with van der Waals surface area (Å²) in [4.78, 5) is 13.8. The number of methoxy groups -OCH3 is 1. The van der Waals surface area contributed by atoms with E-state index >= 15 is 0 Å². The fourth-order valence-corrected chi connectivity index (χ4v) is 2.11. The van der Waals surface area contributed by atoms with Gasteiger partial charge in [-0.2, -0.15) is 0 Å². The molecule has 0 heterocycles. The van der Waals surface area contributed by atoms with Crippen LogP contribution in [0.1, 0.15) is 24.4 Å². The average molecular weight is 262 g/mol. The maximum Gasteiger partial charge on any atom is 0.223 e. The fourth-order valence-electron chi connectivity index (χ4n) is 2.11. The van der Waals surface area contributed by atoms with Crippen LogP contribution < -0.4 is 10.1 Å². The normalized spacial score (nSPS) is 16.2. The highest BCUT2D eigenvalue weighted by molar-refractivity contribution is 5.80. The van der Waals surface area contributed by atoms with E-state index in [1.165, 1.54) is 5.56 Å². The molecule has 2 rings (SSSR count). The third-order valence-corrected chi connectivity index (χ3v) is 3.54. The molecule has 1 N–H and O–H groups in total. The number of nitrogens with zero attached hydrogens (tertiary/aromatic N) is 1. The first-order valence-corrected chi connectivity index (χ1v) is 6.70. The van der Waals surface area contributed by atoms with Crippen molar-refractivity contribution in [3.63, 3.8) is 0 Å². The number of ether oxygens (including phenoxy) is 1. The second-order valence-electron chi connectivity index (χ2n) is 5.27. The van der Waals surface area contributed by atoms with Crippen LogP contribution in [0.15, 0.2) is 24.3 Å². The number of nitrogens with one attached hydrogen (secondary N) is 1. The van der Waals surface area contributed by atoms with E-state index in [0.717, 1.165) is 18.6 Å². The maximum absolute atomic E-state index is 11.7. The molecule has 1 unspecified atom stereocenters. The molecule has 0 aromatic heterocycles. The Morgan fingerprint density at radius 2 is 2.00 bits per heavy atom. The van der Waals surface area contributed by atoms with Crippen LogP contribution in [0, 0.1) is 5.92 Å². The SMILES string of the molecule is COc1ccc(C(CNC(=O)C2CC2)N(C)C)cc1.